The maximum Gasteiger partial charge on any atom is 0.333 e. The molecule has 0 spiro atoms. The highest BCUT2D eigenvalue weighted by Gasteiger charge is 2.52. The van der Waals surface area contributed by atoms with Gasteiger partial charge in [-0.05, 0) is 63.7 Å². The molecule has 0 radical (unpaired) electrons. The van der Waals surface area contributed by atoms with E-state index in [0.29, 0.717) is 11.5 Å². The van der Waals surface area contributed by atoms with Crippen molar-refractivity contribution >= 4 is 5.97 Å². The third kappa shape index (κ3) is 2.34. The molecule has 3 saturated carbocycles. The maximum atomic E-state index is 12.1. The van der Waals surface area contributed by atoms with E-state index in [2.05, 4.69) is 6.58 Å². The molecule has 0 amide bonds. The minimum Gasteiger partial charge on any atom is -0.455 e. The van der Waals surface area contributed by atoms with Crippen molar-refractivity contribution in [2.24, 2.45) is 17.8 Å². The standard InChI is InChI=1S/C17H26O2/c1-12(2)16(18)19-17(8-4-3-5-9-17)15-11-13-6-7-14(15)10-13/h13-15H,1,3-11H2,2H3. The van der Waals surface area contributed by atoms with Crippen LogP contribution in [-0.4, -0.2) is 11.6 Å². The SMILES string of the molecule is C=C(C)C(=O)OC1(C2CC3CCC2C3)CCCCC1. The van der Waals surface area contributed by atoms with E-state index < -0.39 is 0 Å². The number of esters is 1. The number of rotatable bonds is 3. The highest BCUT2D eigenvalue weighted by atomic mass is 16.6. The summed E-state index contributed by atoms with van der Waals surface area (Å²) in [5.41, 5.74) is 0.404. The lowest BCUT2D eigenvalue weighted by atomic mass is 9.69. The van der Waals surface area contributed by atoms with Gasteiger partial charge in [0.05, 0.1) is 0 Å². The number of carbonyl (C=O) groups is 1. The molecule has 3 atom stereocenters. The van der Waals surface area contributed by atoms with Crippen molar-refractivity contribution in [3.05, 3.63) is 12.2 Å². The molecule has 0 aromatic heterocycles. The van der Waals surface area contributed by atoms with Crippen molar-refractivity contribution in [3.8, 4) is 0 Å². The number of carbonyl (C=O) groups excluding carboxylic acids is 1. The Morgan fingerprint density at radius 2 is 1.89 bits per heavy atom. The van der Waals surface area contributed by atoms with Gasteiger partial charge in [-0.15, -0.1) is 0 Å². The monoisotopic (exact) mass is 262 g/mol. The summed E-state index contributed by atoms with van der Waals surface area (Å²) in [6.45, 7) is 5.52. The fraction of sp³-hybridized carbons (Fsp3) is 0.824. The zero-order valence-electron chi connectivity index (χ0n) is 12.1. The number of hydrogen-bond acceptors (Lipinski definition) is 2. The molecule has 2 nitrogen and oxygen atoms in total. The van der Waals surface area contributed by atoms with Crippen LogP contribution in [0.3, 0.4) is 0 Å². The highest BCUT2D eigenvalue weighted by Crippen LogP contribution is 2.56. The van der Waals surface area contributed by atoms with Crippen LogP contribution in [0.4, 0.5) is 0 Å². The molecule has 3 unspecified atom stereocenters. The van der Waals surface area contributed by atoms with E-state index in [1.54, 1.807) is 6.92 Å². The molecular formula is C17H26O2. The van der Waals surface area contributed by atoms with Crippen LogP contribution in [0, 0.1) is 17.8 Å². The van der Waals surface area contributed by atoms with E-state index in [0.717, 1.165) is 24.7 Å². The van der Waals surface area contributed by atoms with Crippen molar-refractivity contribution in [1.82, 2.24) is 0 Å². The highest BCUT2D eigenvalue weighted by molar-refractivity contribution is 5.87. The van der Waals surface area contributed by atoms with Crippen molar-refractivity contribution < 1.29 is 9.53 Å². The first kappa shape index (κ1) is 13.2. The second-order valence-electron chi connectivity index (χ2n) is 7.08. The molecule has 19 heavy (non-hydrogen) atoms. The van der Waals surface area contributed by atoms with Crippen LogP contribution < -0.4 is 0 Å². The summed E-state index contributed by atoms with van der Waals surface area (Å²) in [6.07, 6.45) is 11.4. The molecule has 0 aromatic rings. The topological polar surface area (TPSA) is 26.3 Å². The van der Waals surface area contributed by atoms with Crippen LogP contribution in [-0.2, 0) is 9.53 Å². The summed E-state index contributed by atoms with van der Waals surface area (Å²) in [5, 5.41) is 0. The lowest BCUT2D eigenvalue weighted by Gasteiger charge is -2.44. The first-order valence-electron chi connectivity index (χ1n) is 7.99. The zero-order valence-corrected chi connectivity index (χ0v) is 12.1. The average molecular weight is 262 g/mol. The van der Waals surface area contributed by atoms with Crippen LogP contribution in [0.15, 0.2) is 12.2 Å². The smallest absolute Gasteiger partial charge is 0.333 e. The van der Waals surface area contributed by atoms with Gasteiger partial charge in [-0.2, -0.15) is 0 Å². The van der Waals surface area contributed by atoms with Gasteiger partial charge >= 0.3 is 5.97 Å². The maximum absolute atomic E-state index is 12.1. The van der Waals surface area contributed by atoms with E-state index in [4.69, 9.17) is 4.74 Å². The molecule has 2 bridgehead atoms. The number of hydrogen-bond donors (Lipinski definition) is 0. The normalized spacial score (nSPS) is 36.2. The average Bonchev–Trinajstić information content (AvgIpc) is 3.02. The van der Waals surface area contributed by atoms with E-state index in [1.807, 2.05) is 0 Å². The fourth-order valence-electron chi connectivity index (χ4n) is 4.86. The van der Waals surface area contributed by atoms with Gasteiger partial charge in [0.2, 0.25) is 0 Å². The van der Waals surface area contributed by atoms with Crippen LogP contribution >= 0.6 is 0 Å². The third-order valence-electron chi connectivity index (χ3n) is 5.76. The van der Waals surface area contributed by atoms with Crippen LogP contribution in [0.2, 0.25) is 0 Å². The number of fused-ring (bicyclic) bond motifs is 2. The van der Waals surface area contributed by atoms with Crippen molar-refractivity contribution in [2.75, 3.05) is 0 Å². The largest absolute Gasteiger partial charge is 0.455 e. The molecular weight excluding hydrogens is 236 g/mol. The summed E-state index contributed by atoms with van der Waals surface area (Å²) in [7, 11) is 0. The molecule has 106 valence electrons. The molecule has 3 rings (SSSR count). The van der Waals surface area contributed by atoms with Crippen molar-refractivity contribution in [1.29, 1.82) is 0 Å². The minimum atomic E-state index is -0.162. The Labute approximate surface area is 116 Å². The Morgan fingerprint density at radius 1 is 1.16 bits per heavy atom. The van der Waals surface area contributed by atoms with Gasteiger partial charge in [0, 0.05) is 11.5 Å². The fourth-order valence-corrected chi connectivity index (χ4v) is 4.86. The summed E-state index contributed by atoms with van der Waals surface area (Å²) >= 11 is 0. The lowest BCUT2D eigenvalue weighted by Crippen LogP contribution is -2.46. The first-order chi connectivity index (χ1) is 9.11. The van der Waals surface area contributed by atoms with Crippen molar-refractivity contribution in [3.63, 3.8) is 0 Å². The predicted octanol–water partition coefficient (Wildman–Crippen LogP) is 4.24. The van der Waals surface area contributed by atoms with Crippen molar-refractivity contribution in [2.45, 2.75) is 70.3 Å². The molecule has 0 aromatic carbocycles. The Balaban J connectivity index is 1.80. The molecule has 2 heteroatoms. The van der Waals surface area contributed by atoms with Gasteiger partial charge in [-0.1, -0.05) is 19.4 Å². The quantitative estimate of drug-likeness (QED) is 0.561. The molecule has 0 aliphatic heterocycles. The summed E-state index contributed by atoms with van der Waals surface area (Å²) in [6, 6.07) is 0. The predicted molar refractivity (Wildman–Crippen MR) is 75.7 cm³/mol. The molecule has 0 saturated heterocycles. The Kier molecular flexibility index (Phi) is 3.44. The second kappa shape index (κ2) is 4.96. The first-order valence-corrected chi connectivity index (χ1v) is 7.99. The van der Waals surface area contributed by atoms with Crippen LogP contribution in [0.1, 0.15) is 64.7 Å². The van der Waals surface area contributed by atoms with Gasteiger partial charge in [-0.25, -0.2) is 4.79 Å². The molecule has 0 heterocycles. The van der Waals surface area contributed by atoms with Gasteiger partial charge in [0.1, 0.15) is 5.60 Å². The molecule has 0 N–H and O–H groups in total. The second-order valence-corrected chi connectivity index (χ2v) is 7.08. The van der Waals surface area contributed by atoms with Gasteiger partial charge in [0.25, 0.3) is 0 Å². The van der Waals surface area contributed by atoms with E-state index in [1.165, 1.54) is 44.9 Å². The summed E-state index contributed by atoms with van der Waals surface area (Å²) < 4.78 is 6.04. The Hall–Kier alpha value is -0.790. The molecule has 3 aliphatic carbocycles. The zero-order chi connectivity index (χ0) is 13.5. The third-order valence-corrected chi connectivity index (χ3v) is 5.76. The summed E-state index contributed by atoms with van der Waals surface area (Å²) in [5.74, 6) is 2.21. The minimum absolute atomic E-state index is 0.145. The Morgan fingerprint density at radius 3 is 2.42 bits per heavy atom. The van der Waals surface area contributed by atoms with Crippen LogP contribution in [0.5, 0.6) is 0 Å². The van der Waals surface area contributed by atoms with E-state index in [9.17, 15) is 4.79 Å². The van der Waals surface area contributed by atoms with E-state index in [-0.39, 0.29) is 11.6 Å². The van der Waals surface area contributed by atoms with Crippen LogP contribution in [0.25, 0.3) is 0 Å². The van der Waals surface area contributed by atoms with E-state index >= 15 is 0 Å². The van der Waals surface area contributed by atoms with Gasteiger partial charge in [0.15, 0.2) is 0 Å². The molecule has 3 fully saturated rings. The summed E-state index contributed by atoms with van der Waals surface area (Å²) in [4.78, 5) is 12.1. The van der Waals surface area contributed by atoms with Gasteiger partial charge < -0.3 is 4.74 Å². The van der Waals surface area contributed by atoms with Gasteiger partial charge in [-0.3, -0.25) is 0 Å². The lowest BCUT2D eigenvalue weighted by molar-refractivity contribution is -0.169. The molecule has 3 aliphatic rings. The number of ether oxygens (including phenoxy) is 1. The Bertz CT molecular complexity index is 379.